The number of rotatable bonds is 2. The number of carbonyl (C=O) groups is 2. The van der Waals surface area contributed by atoms with Gasteiger partial charge in [0.2, 0.25) is 0 Å². The van der Waals surface area contributed by atoms with Gasteiger partial charge in [0.05, 0.1) is 5.56 Å². The van der Waals surface area contributed by atoms with Crippen molar-refractivity contribution in [3.63, 3.8) is 0 Å². The number of carboxylic acids is 1. The summed E-state index contributed by atoms with van der Waals surface area (Å²) < 4.78 is 0.805. The summed E-state index contributed by atoms with van der Waals surface area (Å²) in [6, 6.07) is 6.61. The molecular weight excluding hydrogens is 324 g/mol. The van der Waals surface area contributed by atoms with Crippen LogP contribution < -0.4 is 4.90 Å². The minimum absolute atomic E-state index is 0.156. The maximum absolute atomic E-state index is 12.4. The first-order valence-corrected chi connectivity index (χ1v) is 6.87. The number of hydrogen-bond acceptors (Lipinski definition) is 2. The van der Waals surface area contributed by atoms with Crippen LogP contribution in [0.2, 0.25) is 0 Å². The Labute approximate surface area is 123 Å². The van der Waals surface area contributed by atoms with Crippen molar-refractivity contribution in [2.45, 2.75) is 6.42 Å². The summed E-state index contributed by atoms with van der Waals surface area (Å²) in [6.45, 7) is 0.563. The molecule has 102 valence electrons. The highest BCUT2D eigenvalue weighted by Gasteiger charge is 2.27. The van der Waals surface area contributed by atoms with Crippen LogP contribution in [0.5, 0.6) is 0 Å². The van der Waals surface area contributed by atoms with Crippen LogP contribution in [0, 0.1) is 0 Å². The van der Waals surface area contributed by atoms with Crippen LogP contribution in [-0.2, 0) is 6.42 Å². The smallest absolute Gasteiger partial charge is 0.335 e. The fourth-order valence-corrected chi connectivity index (χ4v) is 2.70. The highest BCUT2D eigenvalue weighted by molar-refractivity contribution is 9.10. The van der Waals surface area contributed by atoms with Gasteiger partial charge in [-0.1, -0.05) is 6.07 Å². The van der Waals surface area contributed by atoms with Crippen molar-refractivity contribution < 1.29 is 14.7 Å². The van der Waals surface area contributed by atoms with E-state index in [1.807, 2.05) is 0 Å². The first-order valence-electron chi connectivity index (χ1n) is 6.08. The minimum Gasteiger partial charge on any atom is -0.478 e. The Kier molecular flexibility index (Phi) is 3.10. The second-order valence-electron chi connectivity index (χ2n) is 4.59. The summed E-state index contributed by atoms with van der Waals surface area (Å²) in [6.07, 6.45) is 2.43. The lowest BCUT2D eigenvalue weighted by molar-refractivity contribution is 0.0696. The van der Waals surface area contributed by atoms with E-state index in [4.69, 9.17) is 5.11 Å². The van der Waals surface area contributed by atoms with Gasteiger partial charge in [0, 0.05) is 22.9 Å². The van der Waals surface area contributed by atoms with E-state index >= 15 is 0 Å². The summed E-state index contributed by atoms with van der Waals surface area (Å²) in [4.78, 5) is 28.0. The third-order valence-corrected chi connectivity index (χ3v) is 3.81. The molecule has 2 N–H and O–H groups in total. The minimum atomic E-state index is -0.991. The predicted molar refractivity (Wildman–Crippen MR) is 77.3 cm³/mol. The summed E-state index contributed by atoms with van der Waals surface area (Å²) in [7, 11) is 0. The van der Waals surface area contributed by atoms with Gasteiger partial charge in [-0.2, -0.15) is 0 Å². The Balaban J connectivity index is 1.97. The van der Waals surface area contributed by atoms with E-state index in [2.05, 4.69) is 20.9 Å². The third-order valence-electron chi connectivity index (χ3n) is 3.35. The van der Waals surface area contributed by atoms with Crippen molar-refractivity contribution in [1.82, 2.24) is 4.98 Å². The maximum atomic E-state index is 12.4. The number of nitrogens with one attached hydrogen (secondary N) is 1. The van der Waals surface area contributed by atoms with E-state index in [-0.39, 0.29) is 11.5 Å². The Hall–Kier alpha value is -2.08. The molecule has 3 rings (SSSR count). The Morgan fingerprint density at radius 2 is 2.10 bits per heavy atom. The average Bonchev–Trinajstić information content (AvgIpc) is 3.03. The van der Waals surface area contributed by atoms with Crippen LogP contribution in [-0.4, -0.2) is 28.5 Å². The van der Waals surface area contributed by atoms with Gasteiger partial charge in [0.1, 0.15) is 5.69 Å². The van der Waals surface area contributed by atoms with E-state index in [9.17, 15) is 9.59 Å². The molecule has 5 nitrogen and oxygen atoms in total. The lowest BCUT2D eigenvalue weighted by Crippen LogP contribution is -2.29. The van der Waals surface area contributed by atoms with Crippen molar-refractivity contribution in [3.8, 4) is 0 Å². The number of halogens is 1. The molecule has 0 aliphatic carbocycles. The second kappa shape index (κ2) is 4.79. The lowest BCUT2D eigenvalue weighted by atomic mass is 10.1. The van der Waals surface area contributed by atoms with Crippen molar-refractivity contribution >= 4 is 33.5 Å². The molecule has 2 aromatic rings. The van der Waals surface area contributed by atoms with Crippen LogP contribution in [0.3, 0.4) is 0 Å². The molecule has 1 aliphatic rings. The van der Waals surface area contributed by atoms with E-state index < -0.39 is 5.97 Å². The van der Waals surface area contributed by atoms with E-state index in [1.54, 1.807) is 35.4 Å². The largest absolute Gasteiger partial charge is 0.478 e. The van der Waals surface area contributed by atoms with Gasteiger partial charge < -0.3 is 15.0 Å². The summed E-state index contributed by atoms with van der Waals surface area (Å²) >= 11 is 3.29. The predicted octanol–water partition coefficient (Wildman–Crippen LogP) is 2.68. The molecule has 1 aromatic carbocycles. The average molecular weight is 335 g/mol. The summed E-state index contributed by atoms with van der Waals surface area (Å²) in [5.41, 5.74) is 2.34. The van der Waals surface area contributed by atoms with E-state index in [0.29, 0.717) is 17.9 Å². The SMILES string of the molecule is O=C(O)c1ccc2c(c1)N(C(=O)c1cc(Br)c[nH]1)CC2. The molecule has 0 saturated heterocycles. The number of aromatic nitrogens is 1. The normalized spacial score (nSPS) is 13.3. The highest BCUT2D eigenvalue weighted by atomic mass is 79.9. The molecule has 0 spiro atoms. The molecular formula is C14H11BrN2O3. The Bertz CT molecular complexity index is 708. The van der Waals surface area contributed by atoms with E-state index in [0.717, 1.165) is 16.5 Å². The molecule has 2 heterocycles. The lowest BCUT2D eigenvalue weighted by Gasteiger charge is -2.16. The van der Waals surface area contributed by atoms with Gasteiger partial charge in [0.15, 0.2) is 0 Å². The van der Waals surface area contributed by atoms with Crippen LogP contribution in [0.4, 0.5) is 5.69 Å². The molecule has 0 fully saturated rings. The number of carboxylic acid groups (broad SMARTS) is 1. The number of H-pyrrole nitrogens is 1. The van der Waals surface area contributed by atoms with E-state index in [1.165, 1.54) is 0 Å². The van der Waals surface area contributed by atoms with Gasteiger partial charge in [-0.3, -0.25) is 4.79 Å². The first-order chi connectivity index (χ1) is 9.56. The number of amides is 1. The zero-order valence-electron chi connectivity index (χ0n) is 10.4. The van der Waals surface area contributed by atoms with Crippen LogP contribution in [0.25, 0.3) is 0 Å². The molecule has 0 bridgehead atoms. The van der Waals surface area contributed by atoms with Crippen molar-refractivity contribution in [2.24, 2.45) is 0 Å². The van der Waals surface area contributed by atoms with Crippen LogP contribution in [0.15, 0.2) is 34.9 Å². The molecule has 0 radical (unpaired) electrons. The van der Waals surface area contributed by atoms with Gasteiger partial charge in [-0.05, 0) is 46.1 Å². The van der Waals surface area contributed by atoms with Gasteiger partial charge in [0.25, 0.3) is 5.91 Å². The topological polar surface area (TPSA) is 73.4 Å². The standard InChI is InChI=1S/C14H11BrN2O3/c15-10-6-11(16-7-10)13(18)17-4-3-8-1-2-9(14(19)20)5-12(8)17/h1-2,5-7,16H,3-4H2,(H,19,20). The molecule has 0 unspecified atom stereocenters. The van der Waals surface area contributed by atoms with Crippen LogP contribution in [0.1, 0.15) is 26.4 Å². The third kappa shape index (κ3) is 2.12. The molecule has 1 aromatic heterocycles. The first kappa shape index (κ1) is 12.9. The number of anilines is 1. The Morgan fingerprint density at radius 1 is 1.30 bits per heavy atom. The van der Waals surface area contributed by atoms with Crippen LogP contribution >= 0.6 is 15.9 Å². The number of hydrogen-bond donors (Lipinski definition) is 2. The molecule has 0 saturated carbocycles. The van der Waals surface area contributed by atoms with Gasteiger partial charge in [-0.25, -0.2) is 4.79 Å². The number of fused-ring (bicyclic) bond motifs is 1. The molecule has 0 atom stereocenters. The highest BCUT2D eigenvalue weighted by Crippen LogP contribution is 2.30. The molecule has 1 amide bonds. The van der Waals surface area contributed by atoms with Crippen molar-refractivity contribution in [1.29, 1.82) is 0 Å². The Morgan fingerprint density at radius 3 is 2.75 bits per heavy atom. The number of nitrogens with zero attached hydrogens (tertiary/aromatic N) is 1. The molecule has 1 aliphatic heterocycles. The zero-order valence-corrected chi connectivity index (χ0v) is 12.0. The quantitative estimate of drug-likeness (QED) is 0.886. The number of benzene rings is 1. The fraction of sp³-hybridized carbons (Fsp3) is 0.143. The van der Waals surface area contributed by atoms with Crippen molar-refractivity contribution in [3.05, 3.63) is 51.8 Å². The second-order valence-corrected chi connectivity index (χ2v) is 5.50. The monoisotopic (exact) mass is 334 g/mol. The maximum Gasteiger partial charge on any atom is 0.335 e. The van der Waals surface area contributed by atoms with Crippen molar-refractivity contribution in [2.75, 3.05) is 11.4 Å². The molecule has 20 heavy (non-hydrogen) atoms. The number of aromatic carboxylic acids is 1. The number of carbonyl (C=O) groups excluding carboxylic acids is 1. The number of aromatic amines is 1. The fourth-order valence-electron chi connectivity index (χ4n) is 2.36. The zero-order chi connectivity index (χ0) is 14.3. The molecule has 6 heteroatoms. The van der Waals surface area contributed by atoms with Gasteiger partial charge in [-0.15, -0.1) is 0 Å². The summed E-state index contributed by atoms with van der Waals surface area (Å²) in [5.74, 6) is -1.15. The summed E-state index contributed by atoms with van der Waals surface area (Å²) in [5, 5.41) is 9.05. The van der Waals surface area contributed by atoms with Gasteiger partial charge >= 0.3 is 5.97 Å².